The molecule has 37 heavy (non-hydrogen) atoms. The van der Waals surface area contributed by atoms with Gasteiger partial charge in [-0.3, -0.25) is 4.79 Å². The minimum Gasteiger partial charge on any atom is -0.491 e. The quantitative estimate of drug-likeness (QED) is 0.639. The van der Waals surface area contributed by atoms with Gasteiger partial charge in [-0.1, -0.05) is 24.3 Å². The van der Waals surface area contributed by atoms with Crippen molar-refractivity contribution in [2.75, 3.05) is 46.1 Å². The summed E-state index contributed by atoms with van der Waals surface area (Å²) in [5.41, 5.74) is 2.11. The molecule has 5 rings (SSSR count). The molecule has 9 heteroatoms. The minimum atomic E-state index is -0.543. The Morgan fingerprint density at radius 1 is 1.00 bits per heavy atom. The number of carbonyl (C=O) groups excluding carboxylic acids is 2. The number of nitrogens with one attached hydrogen (secondary N) is 1. The van der Waals surface area contributed by atoms with E-state index in [1.54, 1.807) is 0 Å². The smallest absolute Gasteiger partial charge is 0.320 e. The topological polar surface area (TPSA) is 71.1 Å². The summed E-state index contributed by atoms with van der Waals surface area (Å²) in [6.07, 6.45) is 2.31. The average molecular weight is 514 g/mol. The highest BCUT2D eigenvalue weighted by molar-refractivity contribution is 5.79. The van der Waals surface area contributed by atoms with E-state index in [0.29, 0.717) is 38.3 Å². The maximum atomic E-state index is 13.7. The molecule has 0 aromatic heterocycles. The number of morpholine rings is 1. The Kier molecular flexibility index (Phi) is 7.88. The summed E-state index contributed by atoms with van der Waals surface area (Å²) in [6.45, 7) is 1.91. The number of ether oxygens (including phenoxy) is 2. The second-order valence-corrected chi connectivity index (χ2v) is 10.0. The van der Waals surface area contributed by atoms with Gasteiger partial charge in [0.15, 0.2) is 0 Å². The van der Waals surface area contributed by atoms with Crippen LogP contribution in [0.1, 0.15) is 36.3 Å². The van der Waals surface area contributed by atoms with Gasteiger partial charge in [-0.05, 0) is 60.6 Å². The number of hydrogen-bond donors (Lipinski definition) is 1. The van der Waals surface area contributed by atoms with Crippen LogP contribution in [-0.2, 0) is 9.53 Å². The molecule has 0 saturated carbocycles. The van der Waals surface area contributed by atoms with Crippen molar-refractivity contribution in [3.05, 3.63) is 65.5 Å². The third-order valence-electron chi connectivity index (χ3n) is 7.69. The van der Waals surface area contributed by atoms with Crippen molar-refractivity contribution in [3.63, 3.8) is 0 Å². The summed E-state index contributed by atoms with van der Waals surface area (Å²) in [5, 5.41) is 2.95. The summed E-state index contributed by atoms with van der Waals surface area (Å²) in [5.74, 6) is 0.511. The van der Waals surface area contributed by atoms with Crippen LogP contribution in [0.5, 0.6) is 5.75 Å². The van der Waals surface area contributed by atoms with E-state index in [1.165, 1.54) is 12.1 Å². The first-order valence-electron chi connectivity index (χ1n) is 13.0. The fourth-order valence-electron chi connectivity index (χ4n) is 5.83. The molecule has 3 fully saturated rings. The van der Waals surface area contributed by atoms with E-state index >= 15 is 0 Å². The second-order valence-electron chi connectivity index (χ2n) is 10.0. The van der Waals surface area contributed by atoms with Crippen molar-refractivity contribution in [1.29, 1.82) is 0 Å². The average Bonchev–Trinajstić information content (AvgIpc) is 2.93. The molecule has 7 nitrogen and oxygen atoms in total. The zero-order chi connectivity index (χ0) is 25.8. The maximum absolute atomic E-state index is 13.7. The number of likely N-dealkylation sites (tertiary alicyclic amines) is 2. The van der Waals surface area contributed by atoms with E-state index in [9.17, 15) is 18.4 Å². The lowest BCUT2D eigenvalue weighted by atomic mass is 9.76. The summed E-state index contributed by atoms with van der Waals surface area (Å²) < 4.78 is 37.2. The highest BCUT2D eigenvalue weighted by atomic mass is 19.1. The Bertz CT molecular complexity index is 1070. The molecule has 3 aliphatic heterocycles. The van der Waals surface area contributed by atoms with Crippen LogP contribution in [-0.4, -0.2) is 80.0 Å². The lowest BCUT2D eigenvalue weighted by Gasteiger charge is -2.44. The number of benzene rings is 2. The van der Waals surface area contributed by atoms with Crippen molar-refractivity contribution >= 4 is 11.9 Å². The molecule has 2 aromatic carbocycles. The van der Waals surface area contributed by atoms with Gasteiger partial charge < -0.3 is 24.6 Å². The molecular formula is C28H33F2N3O4. The molecule has 198 valence electrons. The molecular weight excluding hydrogens is 480 g/mol. The summed E-state index contributed by atoms with van der Waals surface area (Å²) in [4.78, 5) is 28.7. The number of rotatable bonds is 6. The molecule has 0 unspecified atom stereocenters. The van der Waals surface area contributed by atoms with Gasteiger partial charge in [-0.2, -0.15) is 0 Å². The van der Waals surface area contributed by atoms with Gasteiger partial charge in [-0.15, -0.1) is 0 Å². The molecule has 0 radical (unpaired) electrons. The number of piperidine rings is 2. The number of fused-ring (bicyclic) bond motifs is 1. The van der Waals surface area contributed by atoms with Gasteiger partial charge in [0.1, 0.15) is 31.5 Å². The molecule has 3 amide bonds. The van der Waals surface area contributed by atoms with Crippen molar-refractivity contribution in [2.45, 2.75) is 37.3 Å². The van der Waals surface area contributed by atoms with Crippen LogP contribution >= 0.6 is 0 Å². The molecule has 1 N–H and O–H groups in total. The molecule has 3 atom stereocenters. The Morgan fingerprint density at radius 2 is 1.65 bits per heavy atom. The number of halogens is 2. The van der Waals surface area contributed by atoms with Crippen molar-refractivity contribution in [1.82, 2.24) is 15.1 Å². The van der Waals surface area contributed by atoms with Crippen molar-refractivity contribution in [2.24, 2.45) is 5.92 Å². The summed E-state index contributed by atoms with van der Waals surface area (Å²) in [6, 6.07) is 14.1. The van der Waals surface area contributed by atoms with Crippen LogP contribution < -0.4 is 10.1 Å². The monoisotopic (exact) mass is 513 g/mol. The first-order valence-corrected chi connectivity index (χ1v) is 13.0. The number of nitrogens with zero attached hydrogens (tertiary/aromatic N) is 2. The largest absolute Gasteiger partial charge is 0.491 e. The van der Waals surface area contributed by atoms with E-state index in [-0.39, 0.29) is 55.0 Å². The van der Waals surface area contributed by atoms with Gasteiger partial charge >= 0.3 is 6.03 Å². The van der Waals surface area contributed by atoms with Crippen LogP contribution in [0.2, 0.25) is 0 Å². The number of hydrogen-bond acceptors (Lipinski definition) is 4. The molecule has 0 spiro atoms. The SMILES string of the molecule is O=C1CO[C@H]2CCN(C(=O)N3CCC([C@H](c4ccc(F)cc4)c4ccc(OCCF)cc4)CC3)C[C@H]2N1. The third kappa shape index (κ3) is 5.87. The van der Waals surface area contributed by atoms with E-state index in [2.05, 4.69) is 5.32 Å². The highest BCUT2D eigenvalue weighted by Crippen LogP contribution is 2.39. The fourth-order valence-corrected chi connectivity index (χ4v) is 5.83. The Morgan fingerprint density at radius 3 is 2.32 bits per heavy atom. The van der Waals surface area contributed by atoms with Crippen LogP contribution in [0.15, 0.2) is 48.5 Å². The van der Waals surface area contributed by atoms with Gasteiger partial charge in [0.05, 0.1) is 12.1 Å². The number of alkyl halides is 1. The lowest BCUT2D eigenvalue weighted by molar-refractivity contribution is -0.139. The molecule has 3 aliphatic rings. The number of amides is 3. The van der Waals surface area contributed by atoms with Crippen LogP contribution in [0.3, 0.4) is 0 Å². The highest BCUT2D eigenvalue weighted by Gasteiger charge is 2.38. The normalized spacial score (nSPS) is 23.2. The first kappa shape index (κ1) is 25.4. The molecule has 3 heterocycles. The van der Waals surface area contributed by atoms with E-state index < -0.39 is 6.67 Å². The van der Waals surface area contributed by atoms with Gasteiger partial charge in [-0.25, -0.2) is 13.6 Å². The van der Waals surface area contributed by atoms with Crippen molar-refractivity contribution in [3.8, 4) is 5.75 Å². The van der Waals surface area contributed by atoms with Crippen LogP contribution in [0, 0.1) is 11.7 Å². The van der Waals surface area contributed by atoms with E-state index in [4.69, 9.17) is 9.47 Å². The molecule has 3 saturated heterocycles. The second kappa shape index (κ2) is 11.5. The Balaban J connectivity index is 1.25. The first-order chi connectivity index (χ1) is 18.0. The molecule has 0 bridgehead atoms. The molecule has 0 aliphatic carbocycles. The Labute approximate surface area is 215 Å². The zero-order valence-electron chi connectivity index (χ0n) is 20.8. The predicted octanol–water partition coefficient (Wildman–Crippen LogP) is 3.73. The Hall–Kier alpha value is -3.20. The van der Waals surface area contributed by atoms with Gasteiger partial charge in [0, 0.05) is 32.1 Å². The van der Waals surface area contributed by atoms with Gasteiger partial charge in [0.25, 0.3) is 0 Å². The predicted molar refractivity (Wildman–Crippen MR) is 134 cm³/mol. The van der Waals surface area contributed by atoms with Crippen LogP contribution in [0.25, 0.3) is 0 Å². The van der Waals surface area contributed by atoms with E-state index in [1.807, 2.05) is 46.2 Å². The number of urea groups is 1. The lowest BCUT2D eigenvalue weighted by Crippen LogP contribution is -2.62. The third-order valence-corrected chi connectivity index (χ3v) is 7.69. The van der Waals surface area contributed by atoms with Gasteiger partial charge in [0.2, 0.25) is 5.91 Å². The maximum Gasteiger partial charge on any atom is 0.320 e. The van der Waals surface area contributed by atoms with E-state index in [0.717, 1.165) is 24.0 Å². The standard InChI is InChI=1S/C28H33F2N3O4/c29-12-16-36-23-7-3-20(4-8-23)27(19-1-5-22(30)6-2-19)21-9-13-32(14-10-21)28(35)33-15-11-25-24(17-33)31-26(34)18-37-25/h1-8,21,24-25,27H,9-18H2,(H,31,34)/t24-,25+,27-/m1/s1. The summed E-state index contributed by atoms with van der Waals surface area (Å²) >= 11 is 0. The van der Waals surface area contributed by atoms with Crippen molar-refractivity contribution < 1.29 is 27.8 Å². The van der Waals surface area contributed by atoms with Crippen LogP contribution in [0.4, 0.5) is 13.6 Å². The summed E-state index contributed by atoms with van der Waals surface area (Å²) in [7, 11) is 0. The minimum absolute atomic E-state index is 0.00409. The zero-order valence-corrected chi connectivity index (χ0v) is 20.8. The fraction of sp³-hybridized carbons (Fsp3) is 0.500. The molecule has 2 aromatic rings. The number of carbonyl (C=O) groups is 2.